The van der Waals surface area contributed by atoms with Crippen LogP contribution >= 0.6 is 11.6 Å². The van der Waals surface area contributed by atoms with Gasteiger partial charge in [0.1, 0.15) is 11.6 Å². The van der Waals surface area contributed by atoms with E-state index in [1.54, 1.807) is 12.1 Å². The Kier molecular flexibility index (Phi) is 5.20. The second-order valence-corrected chi connectivity index (χ2v) is 6.65. The normalized spacial score (nSPS) is 15.3. The number of nitrogens with one attached hydrogen (secondary N) is 2. The molecule has 0 unspecified atom stereocenters. The molecule has 0 saturated carbocycles. The first-order valence-electron chi connectivity index (χ1n) is 8.05. The van der Waals surface area contributed by atoms with Gasteiger partial charge in [-0.05, 0) is 30.3 Å². The first-order valence-corrected chi connectivity index (χ1v) is 8.43. The smallest absolute Gasteiger partial charge is 0.255 e. The van der Waals surface area contributed by atoms with Crippen LogP contribution in [0.15, 0.2) is 36.4 Å². The summed E-state index contributed by atoms with van der Waals surface area (Å²) in [5, 5.41) is 3.20. The predicted octanol–water partition coefficient (Wildman–Crippen LogP) is 2.21. The summed E-state index contributed by atoms with van der Waals surface area (Å²) in [6.07, 6.45) is 0. The molecule has 1 saturated heterocycles. The van der Waals surface area contributed by atoms with Gasteiger partial charge < -0.3 is 15.1 Å². The molecular formula is C18H19ClF2N3O+. The lowest BCUT2D eigenvalue weighted by Gasteiger charge is -2.33. The SMILES string of the molecule is C[NH+]1CCN(c2ccc(Cl)cc2NC(=O)c2cc(F)cc(F)c2)CC1. The van der Waals surface area contributed by atoms with E-state index in [4.69, 9.17) is 11.6 Å². The zero-order valence-corrected chi connectivity index (χ0v) is 14.5. The van der Waals surface area contributed by atoms with Crippen LogP contribution in [0.4, 0.5) is 20.2 Å². The Balaban J connectivity index is 1.86. The van der Waals surface area contributed by atoms with Gasteiger partial charge in [0.2, 0.25) is 0 Å². The maximum absolute atomic E-state index is 13.3. The van der Waals surface area contributed by atoms with Gasteiger partial charge in [0.05, 0.1) is 44.6 Å². The predicted molar refractivity (Wildman–Crippen MR) is 94.6 cm³/mol. The van der Waals surface area contributed by atoms with Crippen LogP contribution in [0.1, 0.15) is 10.4 Å². The van der Waals surface area contributed by atoms with Crippen LogP contribution in [-0.4, -0.2) is 39.1 Å². The molecular weight excluding hydrogens is 348 g/mol. The maximum Gasteiger partial charge on any atom is 0.255 e. The Morgan fingerprint density at radius 2 is 1.76 bits per heavy atom. The lowest BCUT2D eigenvalue weighted by atomic mass is 10.1. The van der Waals surface area contributed by atoms with Crippen molar-refractivity contribution in [1.29, 1.82) is 0 Å². The van der Waals surface area contributed by atoms with Crippen LogP contribution < -0.4 is 15.1 Å². The van der Waals surface area contributed by atoms with Crippen molar-refractivity contribution in [3.8, 4) is 0 Å². The highest BCUT2D eigenvalue weighted by Crippen LogP contribution is 2.30. The topological polar surface area (TPSA) is 36.8 Å². The Labute approximate surface area is 150 Å². The third kappa shape index (κ3) is 4.27. The number of anilines is 2. The van der Waals surface area contributed by atoms with Crippen molar-refractivity contribution in [2.75, 3.05) is 43.4 Å². The van der Waals surface area contributed by atoms with Gasteiger partial charge in [0.15, 0.2) is 0 Å². The number of nitrogens with zero attached hydrogens (tertiary/aromatic N) is 1. The number of rotatable bonds is 3. The molecule has 2 N–H and O–H groups in total. The molecule has 7 heteroatoms. The van der Waals surface area contributed by atoms with Crippen molar-refractivity contribution < 1.29 is 18.5 Å². The highest BCUT2D eigenvalue weighted by Gasteiger charge is 2.21. The first-order chi connectivity index (χ1) is 11.9. The van der Waals surface area contributed by atoms with Gasteiger partial charge in [-0.3, -0.25) is 4.79 Å². The molecule has 2 aromatic rings. The van der Waals surface area contributed by atoms with Crippen molar-refractivity contribution in [2.45, 2.75) is 0 Å². The highest BCUT2D eigenvalue weighted by atomic mass is 35.5. The third-order valence-electron chi connectivity index (χ3n) is 4.29. The second kappa shape index (κ2) is 7.37. The standard InChI is InChI=1S/C18H18ClF2N3O/c1-23-4-6-24(7-5-23)17-3-2-13(19)10-16(17)22-18(25)12-8-14(20)11-15(21)9-12/h2-3,8-11H,4-7H2,1H3,(H,22,25)/p+1. The molecule has 1 fully saturated rings. The molecule has 132 valence electrons. The lowest BCUT2D eigenvalue weighted by molar-refractivity contribution is -0.880. The minimum absolute atomic E-state index is 0.0775. The Bertz CT molecular complexity index is 772. The lowest BCUT2D eigenvalue weighted by Crippen LogP contribution is -3.12. The molecule has 0 bridgehead atoms. The summed E-state index contributed by atoms with van der Waals surface area (Å²) in [5.41, 5.74) is 1.30. The molecule has 1 aliphatic heterocycles. The Hall–Kier alpha value is -2.18. The Morgan fingerprint density at radius 3 is 2.40 bits per heavy atom. The maximum atomic E-state index is 13.3. The van der Waals surface area contributed by atoms with E-state index in [0.29, 0.717) is 10.7 Å². The summed E-state index contributed by atoms with van der Waals surface area (Å²) < 4.78 is 26.7. The van der Waals surface area contributed by atoms with Crippen molar-refractivity contribution in [1.82, 2.24) is 0 Å². The van der Waals surface area contributed by atoms with Gasteiger partial charge in [-0.2, -0.15) is 0 Å². The molecule has 3 rings (SSSR count). The van der Waals surface area contributed by atoms with Gasteiger partial charge in [-0.15, -0.1) is 0 Å². The average molecular weight is 367 g/mol. The second-order valence-electron chi connectivity index (χ2n) is 6.22. The van der Waals surface area contributed by atoms with Gasteiger partial charge in [-0.1, -0.05) is 11.6 Å². The van der Waals surface area contributed by atoms with Gasteiger partial charge in [-0.25, -0.2) is 8.78 Å². The van der Waals surface area contributed by atoms with Gasteiger partial charge >= 0.3 is 0 Å². The molecule has 0 aliphatic carbocycles. The molecule has 25 heavy (non-hydrogen) atoms. The van der Waals surface area contributed by atoms with Crippen LogP contribution in [0.3, 0.4) is 0 Å². The number of carbonyl (C=O) groups is 1. The van der Waals surface area contributed by atoms with Crippen LogP contribution in [0.5, 0.6) is 0 Å². The molecule has 1 heterocycles. The van der Waals surface area contributed by atoms with Crippen LogP contribution in [0.2, 0.25) is 5.02 Å². The number of hydrogen-bond donors (Lipinski definition) is 2. The number of amides is 1. The molecule has 0 spiro atoms. The van der Waals surface area contributed by atoms with E-state index >= 15 is 0 Å². The summed E-state index contributed by atoms with van der Waals surface area (Å²) in [5.74, 6) is -2.17. The minimum atomic E-state index is -0.793. The molecule has 1 aliphatic rings. The van der Waals surface area contributed by atoms with Gasteiger partial charge in [0, 0.05) is 16.7 Å². The van der Waals surface area contributed by atoms with E-state index in [1.165, 1.54) is 4.90 Å². The van der Waals surface area contributed by atoms with E-state index in [9.17, 15) is 13.6 Å². The van der Waals surface area contributed by atoms with Crippen molar-refractivity contribution in [3.05, 3.63) is 58.6 Å². The van der Waals surface area contributed by atoms with E-state index < -0.39 is 17.5 Å². The largest absolute Gasteiger partial charge is 0.359 e. The minimum Gasteiger partial charge on any atom is -0.359 e. The fourth-order valence-electron chi connectivity index (χ4n) is 2.89. The van der Waals surface area contributed by atoms with E-state index in [1.807, 2.05) is 6.07 Å². The fraction of sp³-hybridized carbons (Fsp3) is 0.278. The number of piperazine rings is 1. The monoisotopic (exact) mass is 366 g/mol. The third-order valence-corrected chi connectivity index (χ3v) is 4.52. The van der Waals surface area contributed by atoms with Crippen LogP contribution in [-0.2, 0) is 0 Å². The van der Waals surface area contributed by atoms with E-state index in [0.717, 1.165) is 50.1 Å². The zero-order valence-electron chi connectivity index (χ0n) is 13.8. The molecule has 2 aromatic carbocycles. The average Bonchev–Trinajstić information content (AvgIpc) is 2.55. The van der Waals surface area contributed by atoms with Crippen molar-refractivity contribution in [3.63, 3.8) is 0 Å². The number of halogens is 3. The Morgan fingerprint density at radius 1 is 1.12 bits per heavy atom. The number of hydrogen-bond acceptors (Lipinski definition) is 2. The fourth-order valence-corrected chi connectivity index (χ4v) is 3.06. The summed E-state index contributed by atoms with van der Waals surface area (Å²) >= 11 is 6.06. The first kappa shape index (κ1) is 17.6. The summed E-state index contributed by atoms with van der Waals surface area (Å²) in [7, 11) is 2.14. The summed E-state index contributed by atoms with van der Waals surface area (Å²) in [4.78, 5) is 16.0. The van der Waals surface area contributed by atoms with Crippen LogP contribution in [0.25, 0.3) is 0 Å². The van der Waals surface area contributed by atoms with Crippen molar-refractivity contribution in [2.24, 2.45) is 0 Å². The summed E-state index contributed by atoms with van der Waals surface area (Å²) in [6, 6.07) is 8.00. The zero-order chi connectivity index (χ0) is 18.0. The summed E-state index contributed by atoms with van der Waals surface area (Å²) in [6.45, 7) is 3.69. The molecule has 4 nitrogen and oxygen atoms in total. The highest BCUT2D eigenvalue weighted by molar-refractivity contribution is 6.31. The molecule has 0 radical (unpaired) electrons. The van der Waals surface area contributed by atoms with Crippen LogP contribution in [0, 0.1) is 11.6 Å². The number of carbonyl (C=O) groups excluding carboxylic acids is 1. The quantitative estimate of drug-likeness (QED) is 0.874. The van der Waals surface area contributed by atoms with E-state index in [2.05, 4.69) is 17.3 Å². The molecule has 0 aromatic heterocycles. The number of likely N-dealkylation sites (N-methyl/N-ethyl adjacent to an activating group) is 1. The molecule has 0 atom stereocenters. The van der Waals surface area contributed by atoms with E-state index in [-0.39, 0.29) is 5.56 Å². The van der Waals surface area contributed by atoms with Crippen molar-refractivity contribution >= 4 is 28.9 Å². The number of quaternary nitrogens is 1. The van der Waals surface area contributed by atoms with Gasteiger partial charge in [0.25, 0.3) is 5.91 Å². The number of benzene rings is 2. The molecule has 1 amide bonds.